The van der Waals surface area contributed by atoms with E-state index in [1.807, 2.05) is 44.2 Å². The highest BCUT2D eigenvalue weighted by Gasteiger charge is 2.51. The summed E-state index contributed by atoms with van der Waals surface area (Å²) in [6.45, 7) is 7.05. The van der Waals surface area contributed by atoms with Gasteiger partial charge in [0.2, 0.25) is 5.91 Å². The molecule has 0 spiro atoms. The molecule has 37 heavy (non-hydrogen) atoms. The van der Waals surface area contributed by atoms with Crippen LogP contribution in [0.4, 0.5) is 9.80 Å². The number of aryl methyl sites for hydroxylation is 2. The largest absolute Gasteiger partial charge is 0.462 e. The van der Waals surface area contributed by atoms with Gasteiger partial charge in [0, 0.05) is 10.4 Å². The Morgan fingerprint density at radius 3 is 2.32 bits per heavy atom. The molecule has 2 heterocycles. The SMILES string of the molecule is CCOC(=O)c1c(NC(=O)CN2C(=O)NC(CC)(c3ccccc3)C2=O)sc(C)c1-c1ccc(C)cc1. The number of ether oxygens (including phenoxy) is 1. The number of carbonyl (C=O) groups is 4. The van der Waals surface area contributed by atoms with Gasteiger partial charge in [-0.3, -0.25) is 14.5 Å². The summed E-state index contributed by atoms with van der Waals surface area (Å²) in [4.78, 5) is 54.0. The number of urea groups is 1. The third-order valence-electron chi connectivity index (χ3n) is 6.43. The lowest BCUT2D eigenvalue weighted by Crippen LogP contribution is -2.44. The molecule has 0 aliphatic carbocycles. The molecule has 1 aliphatic heterocycles. The lowest BCUT2D eigenvalue weighted by Gasteiger charge is -2.25. The van der Waals surface area contributed by atoms with Crippen LogP contribution in [0.2, 0.25) is 0 Å². The first-order valence-corrected chi connectivity index (χ1v) is 12.9. The molecule has 2 N–H and O–H groups in total. The van der Waals surface area contributed by atoms with Gasteiger partial charge in [-0.2, -0.15) is 0 Å². The van der Waals surface area contributed by atoms with Crippen LogP contribution in [-0.4, -0.2) is 41.9 Å². The molecule has 1 aromatic heterocycles. The molecular weight excluding hydrogens is 490 g/mol. The summed E-state index contributed by atoms with van der Waals surface area (Å²) >= 11 is 1.25. The first-order chi connectivity index (χ1) is 17.7. The second-order valence-electron chi connectivity index (χ2n) is 8.82. The number of amides is 4. The van der Waals surface area contributed by atoms with E-state index in [4.69, 9.17) is 4.74 Å². The van der Waals surface area contributed by atoms with Crippen molar-refractivity contribution in [3.05, 3.63) is 76.2 Å². The Morgan fingerprint density at radius 1 is 1.03 bits per heavy atom. The maximum atomic E-state index is 13.4. The summed E-state index contributed by atoms with van der Waals surface area (Å²) in [5.74, 6) is -1.64. The molecule has 1 atom stereocenters. The van der Waals surface area contributed by atoms with E-state index in [0.717, 1.165) is 20.9 Å². The van der Waals surface area contributed by atoms with E-state index in [9.17, 15) is 19.2 Å². The first-order valence-electron chi connectivity index (χ1n) is 12.1. The third kappa shape index (κ3) is 4.86. The number of benzene rings is 2. The van der Waals surface area contributed by atoms with Crippen molar-refractivity contribution < 1.29 is 23.9 Å². The van der Waals surface area contributed by atoms with Crippen LogP contribution in [0.15, 0.2) is 54.6 Å². The summed E-state index contributed by atoms with van der Waals surface area (Å²) in [6, 6.07) is 16.1. The van der Waals surface area contributed by atoms with Crippen molar-refractivity contribution in [2.45, 2.75) is 39.7 Å². The molecule has 0 bridgehead atoms. The monoisotopic (exact) mass is 519 g/mol. The number of thiophene rings is 1. The van der Waals surface area contributed by atoms with Gasteiger partial charge in [0.25, 0.3) is 5.91 Å². The van der Waals surface area contributed by atoms with Crippen molar-refractivity contribution in [2.24, 2.45) is 0 Å². The predicted molar refractivity (Wildman–Crippen MR) is 142 cm³/mol. The van der Waals surface area contributed by atoms with Crippen molar-refractivity contribution in [1.29, 1.82) is 0 Å². The van der Waals surface area contributed by atoms with Gasteiger partial charge >= 0.3 is 12.0 Å². The maximum Gasteiger partial charge on any atom is 0.341 e. The molecule has 192 valence electrons. The van der Waals surface area contributed by atoms with Gasteiger partial charge in [-0.05, 0) is 38.3 Å². The maximum absolute atomic E-state index is 13.4. The number of hydrogen-bond acceptors (Lipinski definition) is 6. The molecule has 0 radical (unpaired) electrons. The van der Waals surface area contributed by atoms with Crippen LogP contribution in [0.25, 0.3) is 11.1 Å². The average Bonchev–Trinajstić information content (AvgIpc) is 3.33. The lowest BCUT2D eigenvalue weighted by atomic mass is 9.87. The van der Waals surface area contributed by atoms with Gasteiger partial charge in [-0.15, -0.1) is 11.3 Å². The lowest BCUT2D eigenvalue weighted by molar-refractivity contribution is -0.134. The van der Waals surface area contributed by atoms with Crippen molar-refractivity contribution in [3.8, 4) is 11.1 Å². The Bertz CT molecular complexity index is 1350. The minimum Gasteiger partial charge on any atom is -0.462 e. The summed E-state index contributed by atoms with van der Waals surface area (Å²) in [7, 11) is 0. The highest BCUT2D eigenvalue weighted by atomic mass is 32.1. The quantitative estimate of drug-likeness (QED) is 0.322. The van der Waals surface area contributed by atoms with E-state index in [1.54, 1.807) is 38.1 Å². The summed E-state index contributed by atoms with van der Waals surface area (Å²) in [5.41, 5.74) is 2.27. The Morgan fingerprint density at radius 2 is 1.70 bits per heavy atom. The predicted octanol–water partition coefficient (Wildman–Crippen LogP) is 5.00. The fourth-order valence-electron chi connectivity index (χ4n) is 4.54. The van der Waals surface area contributed by atoms with E-state index >= 15 is 0 Å². The highest BCUT2D eigenvalue weighted by Crippen LogP contribution is 2.40. The Balaban J connectivity index is 1.61. The number of rotatable bonds is 8. The van der Waals surface area contributed by atoms with Crippen LogP contribution >= 0.6 is 11.3 Å². The number of nitrogens with zero attached hydrogens (tertiary/aromatic N) is 1. The number of imide groups is 1. The number of esters is 1. The number of anilines is 1. The minimum atomic E-state index is -1.23. The van der Waals surface area contributed by atoms with E-state index in [1.165, 1.54) is 11.3 Å². The van der Waals surface area contributed by atoms with Crippen molar-refractivity contribution in [1.82, 2.24) is 10.2 Å². The highest BCUT2D eigenvalue weighted by molar-refractivity contribution is 7.17. The second-order valence-corrected chi connectivity index (χ2v) is 10.0. The number of hydrogen-bond donors (Lipinski definition) is 2. The van der Waals surface area contributed by atoms with E-state index in [2.05, 4.69) is 10.6 Å². The van der Waals surface area contributed by atoms with E-state index < -0.39 is 35.9 Å². The third-order valence-corrected chi connectivity index (χ3v) is 7.45. The van der Waals surface area contributed by atoms with Crippen LogP contribution in [0, 0.1) is 13.8 Å². The fraction of sp³-hybridized carbons (Fsp3) is 0.286. The second kappa shape index (κ2) is 10.6. The summed E-state index contributed by atoms with van der Waals surface area (Å²) in [5, 5.41) is 5.84. The summed E-state index contributed by atoms with van der Waals surface area (Å²) in [6.07, 6.45) is 0.330. The van der Waals surface area contributed by atoms with Gasteiger partial charge in [0.1, 0.15) is 22.6 Å². The zero-order chi connectivity index (χ0) is 26.7. The molecule has 4 rings (SSSR count). The van der Waals surface area contributed by atoms with Crippen molar-refractivity contribution >= 4 is 40.2 Å². The molecule has 3 aromatic rings. The average molecular weight is 520 g/mol. The summed E-state index contributed by atoms with van der Waals surface area (Å²) < 4.78 is 5.30. The Kier molecular flexibility index (Phi) is 7.45. The van der Waals surface area contributed by atoms with Crippen LogP contribution in [0.5, 0.6) is 0 Å². The van der Waals surface area contributed by atoms with Gasteiger partial charge in [0.05, 0.1) is 6.61 Å². The number of nitrogens with one attached hydrogen (secondary N) is 2. The van der Waals surface area contributed by atoms with Crippen LogP contribution < -0.4 is 10.6 Å². The Labute approximate surface area is 219 Å². The van der Waals surface area contributed by atoms with Gasteiger partial charge in [0.15, 0.2) is 0 Å². The molecule has 1 fully saturated rings. The van der Waals surface area contributed by atoms with Gasteiger partial charge < -0.3 is 15.4 Å². The molecule has 4 amide bonds. The molecule has 0 saturated carbocycles. The fourth-order valence-corrected chi connectivity index (χ4v) is 5.62. The van der Waals surface area contributed by atoms with E-state index in [-0.39, 0.29) is 12.2 Å². The van der Waals surface area contributed by atoms with Crippen molar-refractivity contribution in [3.63, 3.8) is 0 Å². The normalized spacial score (nSPS) is 17.0. The van der Waals surface area contributed by atoms with Gasteiger partial charge in [-0.25, -0.2) is 9.59 Å². The molecule has 1 saturated heterocycles. The first kappa shape index (κ1) is 26.1. The minimum absolute atomic E-state index is 0.176. The number of carbonyl (C=O) groups excluding carboxylic acids is 4. The zero-order valence-corrected chi connectivity index (χ0v) is 22.0. The zero-order valence-electron chi connectivity index (χ0n) is 21.2. The molecule has 2 aromatic carbocycles. The molecule has 1 aliphatic rings. The molecule has 1 unspecified atom stereocenters. The standard InChI is InChI=1S/C28H29N3O5S/c1-5-28(20-10-8-7-9-11-20)26(34)31(27(35)30-28)16-21(32)29-24-23(25(33)36-6-2)22(18(4)37-24)19-14-12-17(3)13-15-19/h7-15H,5-6,16H2,1-4H3,(H,29,32)(H,30,35). The van der Waals surface area contributed by atoms with Crippen LogP contribution in [0.1, 0.15) is 46.6 Å². The smallest absolute Gasteiger partial charge is 0.341 e. The van der Waals surface area contributed by atoms with E-state index in [0.29, 0.717) is 22.5 Å². The van der Waals surface area contributed by atoms with Gasteiger partial charge in [-0.1, -0.05) is 67.1 Å². The molecule has 8 nitrogen and oxygen atoms in total. The molecule has 9 heteroatoms. The van der Waals surface area contributed by atoms with Crippen LogP contribution in [-0.2, 0) is 19.9 Å². The molecular formula is C28H29N3O5S. The topological polar surface area (TPSA) is 105 Å². The Hall–Kier alpha value is -3.98. The van der Waals surface area contributed by atoms with Crippen LogP contribution in [0.3, 0.4) is 0 Å². The van der Waals surface area contributed by atoms with Crippen molar-refractivity contribution in [2.75, 3.05) is 18.5 Å².